The lowest BCUT2D eigenvalue weighted by Gasteiger charge is -2.10. The Hall–Kier alpha value is -0.410. The van der Waals surface area contributed by atoms with Gasteiger partial charge in [-0.3, -0.25) is 0 Å². The fourth-order valence-electron chi connectivity index (χ4n) is 1.35. The van der Waals surface area contributed by atoms with Crippen LogP contribution in [0, 0.1) is 0 Å². The fraction of sp³-hybridized carbons (Fsp3) is 0.600. The SMILES string of the molecule is CCCNCc1cc(S(=O)(=O)NN(C)C)c(Br)o1. The Balaban J connectivity index is 2.84. The highest BCUT2D eigenvalue weighted by atomic mass is 79.9. The number of sulfonamides is 1. The minimum absolute atomic E-state index is 0.101. The molecule has 1 rings (SSSR count). The van der Waals surface area contributed by atoms with Crippen molar-refractivity contribution in [2.75, 3.05) is 20.6 Å². The molecule has 1 aromatic heterocycles. The van der Waals surface area contributed by atoms with E-state index in [-0.39, 0.29) is 9.56 Å². The third kappa shape index (κ3) is 4.36. The van der Waals surface area contributed by atoms with Gasteiger partial charge in [0.2, 0.25) is 0 Å². The van der Waals surface area contributed by atoms with E-state index in [4.69, 9.17) is 4.42 Å². The highest BCUT2D eigenvalue weighted by Gasteiger charge is 2.22. The molecular formula is C10H18BrN3O3S. The number of hydrogen-bond acceptors (Lipinski definition) is 5. The number of nitrogens with zero attached hydrogens (tertiary/aromatic N) is 1. The summed E-state index contributed by atoms with van der Waals surface area (Å²) in [6, 6.07) is 1.51. The Labute approximate surface area is 116 Å². The molecular weight excluding hydrogens is 322 g/mol. The summed E-state index contributed by atoms with van der Waals surface area (Å²) in [5, 5.41) is 4.51. The van der Waals surface area contributed by atoms with Gasteiger partial charge in [-0.05, 0) is 28.9 Å². The Kier molecular flexibility index (Phi) is 5.80. The molecule has 8 heteroatoms. The predicted octanol–water partition coefficient (Wildman–Crippen LogP) is 1.30. The van der Waals surface area contributed by atoms with E-state index < -0.39 is 10.0 Å². The second-order valence-corrected chi connectivity index (χ2v) is 6.37. The van der Waals surface area contributed by atoms with Crippen LogP contribution in [-0.2, 0) is 16.6 Å². The smallest absolute Gasteiger partial charge is 0.257 e. The molecule has 0 spiro atoms. The Bertz CT molecular complexity index is 485. The van der Waals surface area contributed by atoms with Crippen LogP contribution in [0.15, 0.2) is 20.0 Å². The number of hydrogen-bond donors (Lipinski definition) is 2. The molecule has 2 N–H and O–H groups in total. The second kappa shape index (κ2) is 6.67. The monoisotopic (exact) mass is 339 g/mol. The third-order valence-corrected chi connectivity index (χ3v) is 4.36. The molecule has 1 aromatic rings. The number of rotatable bonds is 7. The molecule has 104 valence electrons. The van der Waals surface area contributed by atoms with E-state index in [1.807, 2.05) is 0 Å². The largest absolute Gasteiger partial charge is 0.452 e. The van der Waals surface area contributed by atoms with Crippen molar-refractivity contribution in [2.45, 2.75) is 24.8 Å². The lowest BCUT2D eigenvalue weighted by molar-refractivity contribution is 0.363. The second-order valence-electron chi connectivity index (χ2n) is 4.02. The molecule has 0 atom stereocenters. The van der Waals surface area contributed by atoms with Crippen molar-refractivity contribution in [3.8, 4) is 0 Å². The third-order valence-electron chi connectivity index (χ3n) is 2.02. The minimum atomic E-state index is -3.59. The Morgan fingerprint density at radius 3 is 2.67 bits per heavy atom. The van der Waals surface area contributed by atoms with Crippen LogP contribution in [0.2, 0.25) is 0 Å². The molecule has 0 unspecified atom stereocenters. The van der Waals surface area contributed by atoms with Crippen LogP contribution in [0.25, 0.3) is 0 Å². The molecule has 1 heterocycles. The van der Waals surface area contributed by atoms with E-state index in [1.54, 1.807) is 14.1 Å². The summed E-state index contributed by atoms with van der Waals surface area (Å²) < 4.78 is 29.4. The van der Waals surface area contributed by atoms with Gasteiger partial charge < -0.3 is 9.73 Å². The van der Waals surface area contributed by atoms with Crippen molar-refractivity contribution in [2.24, 2.45) is 0 Å². The summed E-state index contributed by atoms with van der Waals surface area (Å²) in [6.07, 6.45) is 1.01. The molecule has 0 bridgehead atoms. The first-order valence-electron chi connectivity index (χ1n) is 5.55. The van der Waals surface area contributed by atoms with Crippen LogP contribution in [0.1, 0.15) is 19.1 Å². The Morgan fingerprint density at radius 2 is 2.11 bits per heavy atom. The van der Waals surface area contributed by atoms with E-state index in [0.717, 1.165) is 13.0 Å². The summed E-state index contributed by atoms with van der Waals surface area (Å²) in [4.78, 5) is 2.45. The summed E-state index contributed by atoms with van der Waals surface area (Å²) >= 11 is 3.12. The molecule has 0 amide bonds. The van der Waals surface area contributed by atoms with Gasteiger partial charge in [-0.2, -0.15) is 0 Å². The van der Waals surface area contributed by atoms with Crippen LogP contribution < -0.4 is 10.1 Å². The van der Waals surface area contributed by atoms with Gasteiger partial charge >= 0.3 is 0 Å². The van der Waals surface area contributed by atoms with Crippen LogP contribution in [-0.4, -0.2) is 34.1 Å². The van der Waals surface area contributed by atoms with Crippen molar-refractivity contribution < 1.29 is 12.8 Å². The first-order chi connectivity index (χ1) is 8.36. The molecule has 0 aliphatic carbocycles. The maximum Gasteiger partial charge on any atom is 0.257 e. The quantitative estimate of drug-likeness (QED) is 0.578. The zero-order valence-electron chi connectivity index (χ0n) is 10.7. The predicted molar refractivity (Wildman–Crippen MR) is 72.4 cm³/mol. The zero-order valence-corrected chi connectivity index (χ0v) is 13.1. The number of furan rings is 1. The molecule has 0 saturated carbocycles. The normalized spacial score (nSPS) is 12.3. The lowest BCUT2D eigenvalue weighted by atomic mass is 10.4. The van der Waals surface area contributed by atoms with E-state index in [1.165, 1.54) is 11.1 Å². The van der Waals surface area contributed by atoms with Gasteiger partial charge in [0.1, 0.15) is 10.7 Å². The molecule has 18 heavy (non-hydrogen) atoms. The first kappa shape index (κ1) is 15.6. The van der Waals surface area contributed by atoms with Crippen LogP contribution in [0.5, 0.6) is 0 Å². The lowest BCUT2D eigenvalue weighted by Crippen LogP contribution is -2.36. The van der Waals surface area contributed by atoms with Gasteiger partial charge in [0, 0.05) is 20.2 Å². The number of hydrazine groups is 1. The topological polar surface area (TPSA) is 74.6 Å². The van der Waals surface area contributed by atoms with Gasteiger partial charge in [0.25, 0.3) is 10.0 Å². The molecule has 0 radical (unpaired) electrons. The van der Waals surface area contributed by atoms with Crippen molar-refractivity contribution in [3.05, 3.63) is 16.5 Å². The fourth-order valence-corrected chi connectivity index (χ4v) is 3.43. The van der Waals surface area contributed by atoms with Crippen LogP contribution in [0.3, 0.4) is 0 Å². The van der Waals surface area contributed by atoms with E-state index in [2.05, 4.69) is 33.0 Å². The highest BCUT2D eigenvalue weighted by Crippen LogP contribution is 2.25. The minimum Gasteiger partial charge on any atom is -0.452 e. The summed E-state index contributed by atoms with van der Waals surface area (Å²) in [5.74, 6) is 0.578. The summed E-state index contributed by atoms with van der Waals surface area (Å²) in [6.45, 7) is 3.42. The van der Waals surface area contributed by atoms with Gasteiger partial charge in [-0.15, -0.1) is 4.83 Å². The van der Waals surface area contributed by atoms with E-state index in [9.17, 15) is 8.42 Å². The average Bonchev–Trinajstić information content (AvgIpc) is 2.59. The molecule has 0 aromatic carbocycles. The first-order valence-corrected chi connectivity index (χ1v) is 7.83. The maximum absolute atomic E-state index is 11.9. The van der Waals surface area contributed by atoms with Crippen molar-refractivity contribution in [3.63, 3.8) is 0 Å². The standard InChI is InChI=1S/C10H18BrN3O3S/c1-4-5-12-7-8-6-9(10(11)17-8)18(15,16)13-14(2)3/h6,12-13H,4-5,7H2,1-3H3. The van der Waals surface area contributed by atoms with Gasteiger partial charge in [-0.1, -0.05) is 6.92 Å². The van der Waals surface area contributed by atoms with Gasteiger partial charge in [0.15, 0.2) is 4.67 Å². The molecule has 0 aliphatic rings. The van der Waals surface area contributed by atoms with E-state index in [0.29, 0.717) is 12.3 Å². The molecule has 6 nitrogen and oxygen atoms in total. The molecule has 0 aliphatic heterocycles. The zero-order chi connectivity index (χ0) is 13.8. The number of nitrogens with one attached hydrogen (secondary N) is 2. The van der Waals surface area contributed by atoms with Gasteiger partial charge in [-0.25, -0.2) is 13.4 Å². The number of halogens is 1. The van der Waals surface area contributed by atoms with Crippen molar-refractivity contribution in [1.29, 1.82) is 0 Å². The highest BCUT2D eigenvalue weighted by molar-refractivity contribution is 9.10. The maximum atomic E-state index is 11.9. The van der Waals surface area contributed by atoms with E-state index >= 15 is 0 Å². The van der Waals surface area contributed by atoms with Crippen LogP contribution >= 0.6 is 15.9 Å². The van der Waals surface area contributed by atoms with Crippen molar-refractivity contribution in [1.82, 2.24) is 15.2 Å². The van der Waals surface area contributed by atoms with Gasteiger partial charge in [0.05, 0.1) is 6.54 Å². The summed E-state index contributed by atoms with van der Waals surface area (Å²) in [5.41, 5.74) is 0. The Morgan fingerprint density at radius 1 is 1.44 bits per heavy atom. The molecule has 0 saturated heterocycles. The molecule has 0 fully saturated rings. The average molecular weight is 340 g/mol. The van der Waals surface area contributed by atoms with Crippen LogP contribution in [0.4, 0.5) is 0 Å². The summed E-state index contributed by atoms with van der Waals surface area (Å²) in [7, 11) is -0.380. The van der Waals surface area contributed by atoms with Crippen molar-refractivity contribution >= 4 is 26.0 Å².